The first-order valence-corrected chi connectivity index (χ1v) is 11.1. The summed E-state index contributed by atoms with van der Waals surface area (Å²) in [6.07, 6.45) is 0.696. The zero-order chi connectivity index (χ0) is 19.5. The van der Waals surface area contributed by atoms with Crippen LogP contribution in [0.2, 0.25) is 0 Å². The number of hydrogen-bond donors (Lipinski definition) is 2. The summed E-state index contributed by atoms with van der Waals surface area (Å²) in [6, 6.07) is 0.237. The zero-order valence-corrected chi connectivity index (χ0v) is 19.9. The molecule has 0 aromatic heterocycles. The Balaban J connectivity index is 0.00000364. The fourth-order valence-electron chi connectivity index (χ4n) is 3.36. The highest BCUT2D eigenvalue weighted by Gasteiger charge is 2.35. The lowest BCUT2D eigenvalue weighted by molar-refractivity contribution is -0.129. The van der Waals surface area contributed by atoms with Crippen molar-refractivity contribution in [3.63, 3.8) is 0 Å². The predicted octanol–water partition coefficient (Wildman–Crippen LogP) is 0.275. The summed E-state index contributed by atoms with van der Waals surface area (Å²) < 4.78 is 23.3. The van der Waals surface area contributed by atoms with Crippen LogP contribution in [-0.4, -0.2) is 85.9 Å². The second-order valence-corrected chi connectivity index (χ2v) is 10.4. The Morgan fingerprint density at radius 1 is 1.26 bits per heavy atom. The van der Waals surface area contributed by atoms with E-state index in [0.29, 0.717) is 13.0 Å². The van der Waals surface area contributed by atoms with Crippen LogP contribution >= 0.6 is 24.0 Å². The van der Waals surface area contributed by atoms with Crippen molar-refractivity contribution in [2.45, 2.75) is 45.7 Å². The molecule has 158 valence electrons. The summed E-state index contributed by atoms with van der Waals surface area (Å²) in [7, 11) is -2.88. The van der Waals surface area contributed by atoms with Crippen LogP contribution in [-0.2, 0) is 14.6 Å². The summed E-state index contributed by atoms with van der Waals surface area (Å²) in [6.45, 7) is 11.3. The number of piperazine rings is 1. The van der Waals surface area contributed by atoms with Crippen molar-refractivity contribution in [1.82, 2.24) is 15.1 Å². The summed E-state index contributed by atoms with van der Waals surface area (Å²) >= 11 is 0. The summed E-state index contributed by atoms with van der Waals surface area (Å²) in [5.41, 5.74) is 4.86. The molecule has 1 unspecified atom stereocenters. The van der Waals surface area contributed by atoms with E-state index in [2.05, 4.69) is 29.0 Å². The predicted molar refractivity (Wildman–Crippen MR) is 119 cm³/mol. The van der Waals surface area contributed by atoms with E-state index in [4.69, 9.17) is 10.7 Å². The van der Waals surface area contributed by atoms with Gasteiger partial charge in [0.25, 0.3) is 0 Å². The Labute approximate surface area is 180 Å². The standard InChI is InChI=1S/C17H33N5O3S.HI/c1-13(2)20-16(19-11-14-5-10-26(24,25)12-14)21-6-8-22(9-7-21)17(3,4)15(18)23;/h13-14H,5-12H2,1-4H3,(H2,18,23)(H,19,20);1H. The number of aliphatic imine (C=N–C) groups is 1. The molecule has 27 heavy (non-hydrogen) atoms. The SMILES string of the molecule is CC(C)NC(=NCC1CCS(=O)(=O)C1)N1CCN(C(C)(C)C(N)=O)CC1.I. The maximum Gasteiger partial charge on any atom is 0.237 e. The second-order valence-electron chi connectivity index (χ2n) is 8.13. The third-order valence-electron chi connectivity index (χ3n) is 5.22. The molecule has 0 bridgehead atoms. The number of carbonyl (C=O) groups excluding carboxylic acids is 1. The van der Waals surface area contributed by atoms with E-state index in [9.17, 15) is 13.2 Å². The smallest absolute Gasteiger partial charge is 0.237 e. The minimum Gasteiger partial charge on any atom is -0.368 e. The number of rotatable bonds is 5. The first-order chi connectivity index (χ1) is 12.0. The van der Waals surface area contributed by atoms with Gasteiger partial charge >= 0.3 is 0 Å². The molecule has 0 radical (unpaired) electrons. The minimum atomic E-state index is -2.88. The molecule has 2 rings (SSSR count). The summed E-state index contributed by atoms with van der Waals surface area (Å²) in [5, 5.41) is 3.39. The number of guanidine groups is 1. The molecule has 3 N–H and O–H groups in total. The van der Waals surface area contributed by atoms with Gasteiger partial charge in [-0.15, -0.1) is 24.0 Å². The fraction of sp³-hybridized carbons (Fsp3) is 0.882. The second kappa shape index (κ2) is 9.73. The van der Waals surface area contributed by atoms with Gasteiger partial charge in [-0.25, -0.2) is 8.42 Å². The molecule has 0 aromatic carbocycles. The first-order valence-electron chi connectivity index (χ1n) is 9.32. The number of nitrogens with one attached hydrogen (secondary N) is 1. The fourth-order valence-corrected chi connectivity index (χ4v) is 5.21. The van der Waals surface area contributed by atoms with Gasteiger partial charge in [-0.05, 0) is 40.0 Å². The van der Waals surface area contributed by atoms with Gasteiger partial charge in [-0.3, -0.25) is 14.7 Å². The number of hydrogen-bond acceptors (Lipinski definition) is 5. The molecule has 2 fully saturated rings. The number of primary amides is 1. The normalized spacial score (nSPS) is 24.0. The molecule has 1 amide bonds. The molecule has 8 nitrogen and oxygen atoms in total. The van der Waals surface area contributed by atoms with Crippen LogP contribution in [0.5, 0.6) is 0 Å². The Bertz CT molecular complexity index is 643. The van der Waals surface area contributed by atoms with Crippen LogP contribution in [0.3, 0.4) is 0 Å². The van der Waals surface area contributed by atoms with Crippen molar-refractivity contribution in [2.24, 2.45) is 16.6 Å². The Morgan fingerprint density at radius 3 is 2.30 bits per heavy atom. The van der Waals surface area contributed by atoms with Gasteiger partial charge in [0.2, 0.25) is 5.91 Å². The molecule has 0 spiro atoms. The molecule has 2 heterocycles. The third kappa shape index (κ3) is 6.74. The third-order valence-corrected chi connectivity index (χ3v) is 7.05. The van der Waals surface area contributed by atoms with Gasteiger partial charge in [-0.2, -0.15) is 0 Å². The van der Waals surface area contributed by atoms with Gasteiger partial charge in [-0.1, -0.05) is 0 Å². The highest BCUT2D eigenvalue weighted by Crippen LogP contribution is 2.19. The van der Waals surface area contributed by atoms with Crippen LogP contribution in [0, 0.1) is 5.92 Å². The molecule has 2 saturated heterocycles. The topological polar surface area (TPSA) is 108 Å². The first kappa shape index (κ1) is 24.4. The lowest BCUT2D eigenvalue weighted by atomic mass is 10.0. The average Bonchev–Trinajstić information content (AvgIpc) is 2.90. The minimum absolute atomic E-state index is 0. The van der Waals surface area contributed by atoms with Crippen LogP contribution in [0.4, 0.5) is 0 Å². The van der Waals surface area contributed by atoms with Gasteiger partial charge < -0.3 is 16.0 Å². The molecule has 10 heteroatoms. The highest BCUT2D eigenvalue weighted by atomic mass is 127. The van der Waals surface area contributed by atoms with Gasteiger partial charge in [0.05, 0.1) is 17.0 Å². The van der Waals surface area contributed by atoms with Crippen LogP contribution in [0.15, 0.2) is 4.99 Å². The molecular formula is C17H34IN5O3S. The van der Waals surface area contributed by atoms with E-state index >= 15 is 0 Å². The van der Waals surface area contributed by atoms with E-state index in [1.165, 1.54) is 0 Å². The molecule has 0 aromatic rings. The van der Waals surface area contributed by atoms with E-state index in [0.717, 1.165) is 32.1 Å². The van der Waals surface area contributed by atoms with E-state index in [1.807, 2.05) is 13.8 Å². The molecular weight excluding hydrogens is 481 g/mol. The van der Waals surface area contributed by atoms with Crippen molar-refractivity contribution in [1.29, 1.82) is 0 Å². The van der Waals surface area contributed by atoms with Crippen LogP contribution < -0.4 is 11.1 Å². The molecule has 1 atom stereocenters. The van der Waals surface area contributed by atoms with Crippen molar-refractivity contribution >= 4 is 45.7 Å². The Hall–Kier alpha value is -0.620. The van der Waals surface area contributed by atoms with Crippen molar-refractivity contribution in [3.05, 3.63) is 0 Å². The summed E-state index contributed by atoms with van der Waals surface area (Å²) in [5.74, 6) is 1.13. The lowest BCUT2D eigenvalue weighted by Crippen LogP contribution is -2.61. The zero-order valence-electron chi connectivity index (χ0n) is 16.8. The molecule has 2 aliphatic heterocycles. The average molecular weight is 515 g/mol. The maximum atomic E-state index is 11.7. The summed E-state index contributed by atoms with van der Waals surface area (Å²) in [4.78, 5) is 20.7. The monoisotopic (exact) mass is 515 g/mol. The van der Waals surface area contributed by atoms with Gasteiger partial charge in [0, 0.05) is 38.8 Å². The molecule has 2 aliphatic rings. The van der Waals surface area contributed by atoms with Crippen molar-refractivity contribution < 1.29 is 13.2 Å². The van der Waals surface area contributed by atoms with Crippen LogP contribution in [0.25, 0.3) is 0 Å². The highest BCUT2D eigenvalue weighted by molar-refractivity contribution is 14.0. The number of nitrogens with zero attached hydrogens (tertiary/aromatic N) is 3. The number of carbonyl (C=O) groups is 1. The Kier molecular flexibility index (Phi) is 8.80. The molecule has 0 saturated carbocycles. The quantitative estimate of drug-likeness (QED) is 0.309. The van der Waals surface area contributed by atoms with E-state index in [1.54, 1.807) is 0 Å². The maximum absolute atomic E-state index is 11.7. The van der Waals surface area contributed by atoms with E-state index < -0.39 is 15.4 Å². The number of sulfone groups is 1. The van der Waals surface area contributed by atoms with Crippen LogP contribution in [0.1, 0.15) is 34.1 Å². The largest absolute Gasteiger partial charge is 0.368 e. The number of halogens is 1. The van der Waals surface area contributed by atoms with Crippen molar-refractivity contribution in [2.75, 3.05) is 44.2 Å². The Morgan fingerprint density at radius 2 is 1.85 bits per heavy atom. The lowest BCUT2D eigenvalue weighted by Gasteiger charge is -2.43. The van der Waals surface area contributed by atoms with E-state index in [-0.39, 0.29) is 53.3 Å². The number of nitrogens with two attached hydrogens (primary N) is 1. The van der Waals surface area contributed by atoms with Gasteiger partial charge in [0.15, 0.2) is 15.8 Å². The van der Waals surface area contributed by atoms with Gasteiger partial charge in [0.1, 0.15) is 0 Å². The molecule has 0 aliphatic carbocycles. The number of amides is 1. The van der Waals surface area contributed by atoms with Crippen molar-refractivity contribution in [3.8, 4) is 0 Å².